The molecule has 114 valence electrons. The van der Waals surface area contributed by atoms with Crippen LogP contribution in [0.25, 0.3) is 0 Å². The zero-order valence-corrected chi connectivity index (χ0v) is 12.9. The Kier molecular flexibility index (Phi) is 10.0. The SMILES string of the molecule is CCCNCCNC(=O)CC(C)c1ccccc1F.Cl. The van der Waals surface area contributed by atoms with E-state index in [2.05, 4.69) is 17.6 Å². The van der Waals surface area contributed by atoms with Gasteiger partial charge in [0.05, 0.1) is 0 Å². The van der Waals surface area contributed by atoms with Gasteiger partial charge in [-0.2, -0.15) is 0 Å². The molecule has 1 unspecified atom stereocenters. The monoisotopic (exact) mass is 302 g/mol. The molecule has 2 N–H and O–H groups in total. The minimum absolute atomic E-state index is 0. The summed E-state index contributed by atoms with van der Waals surface area (Å²) in [5.74, 6) is -0.383. The van der Waals surface area contributed by atoms with Gasteiger partial charge < -0.3 is 10.6 Å². The number of carbonyl (C=O) groups excluding carboxylic acids is 1. The summed E-state index contributed by atoms with van der Waals surface area (Å²) in [7, 11) is 0. The van der Waals surface area contributed by atoms with Crippen LogP contribution in [0.4, 0.5) is 4.39 Å². The third-order valence-corrected chi connectivity index (χ3v) is 2.98. The molecule has 0 radical (unpaired) electrons. The highest BCUT2D eigenvalue weighted by atomic mass is 35.5. The number of benzene rings is 1. The van der Waals surface area contributed by atoms with Crippen LogP contribution in [0.2, 0.25) is 0 Å². The number of hydrogen-bond donors (Lipinski definition) is 2. The molecule has 1 rings (SSSR count). The maximum absolute atomic E-state index is 13.5. The van der Waals surface area contributed by atoms with Crippen molar-refractivity contribution < 1.29 is 9.18 Å². The second-order valence-electron chi connectivity index (χ2n) is 4.73. The highest BCUT2D eigenvalue weighted by Crippen LogP contribution is 2.21. The predicted octanol–water partition coefficient (Wildman–Crippen LogP) is 2.86. The Bertz CT molecular complexity index is 401. The summed E-state index contributed by atoms with van der Waals surface area (Å²) in [6.45, 7) is 6.31. The molecular formula is C15H24ClFN2O. The van der Waals surface area contributed by atoms with Gasteiger partial charge in [-0.25, -0.2) is 4.39 Å². The Morgan fingerprint density at radius 1 is 1.25 bits per heavy atom. The van der Waals surface area contributed by atoms with E-state index in [-0.39, 0.29) is 30.0 Å². The van der Waals surface area contributed by atoms with E-state index in [0.29, 0.717) is 18.5 Å². The second-order valence-corrected chi connectivity index (χ2v) is 4.73. The topological polar surface area (TPSA) is 41.1 Å². The average molecular weight is 303 g/mol. The van der Waals surface area contributed by atoms with Crippen LogP contribution < -0.4 is 10.6 Å². The fourth-order valence-electron chi connectivity index (χ4n) is 1.93. The molecule has 0 aromatic heterocycles. The van der Waals surface area contributed by atoms with Crippen molar-refractivity contribution in [2.45, 2.75) is 32.6 Å². The van der Waals surface area contributed by atoms with E-state index in [0.717, 1.165) is 19.5 Å². The van der Waals surface area contributed by atoms with Gasteiger partial charge in [0.2, 0.25) is 5.91 Å². The third kappa shape index (κ3) is 6.87. The molecule has 0 heterocycles. The largest absolute Gasteiger partial charge is 0.355 e. The van der Waals surface area contributed by atoms with Crippen LogP contribution in [-0.4, -0.2) is 25.5 Å². The van der Waals surface area contributed by atoms with Crippen LogP contribution in [0.3, 0.4) is 0 Å². The molecule has 0 aliphatic carbocycles. The second kappa shape index (κ2) is 10.6. The van der Waals surface area contributed by atoms with Crippen molar-refractivity contribution in [3.8, 4) is 0 Å². The molecule has 1 aromatic carbocycles. The first kappa shape index (κ1) is 18.9. The van der Waals surface area contributed by atoms with Crippen molar-refractivity contribution in [2.24, 2.45) is 0 Å². The number of halogens is 2. The molecule has 3 nitrogen and oxygen atoms in total. The standard InChI is InChI=1S/C15H23FN2O.ClH/c1-3-8-17-9-10-18-15(19)11-12(2)13-6-4-5-7-14(13)16;/h4-7,12,17H,3,8-11H2,1-2H3,(H,18,19);1H. The van der Waals surface area contributed by atoms with E-state index in [1.54, 1.807) is 18.2 Å². The van der Waals surface area contributed by atoms with Crippen molar-refractivity contribution in [2.75, 3.05) is 19.6 Å². The molecule has 0 spiro atoms. The van der Waals surface area contributed by atoms with E-state index in [9.17, 15) is 9.18 Å². The van der Waals surface area contributed by atoms with E-state index in [1.165, 1.54) is 6.07 Å². The molecule has 1 amide bonds. The van der Waals surface area contributed by atoms with Crippen LogP contribution in [0.15, 0.2) is 24.3 Å². The lowest BCUT2D eigenvalue weighted by molar-refractivity contribution is -0.121. The van der Waals surface area contributed by atoms with Gasteiger partial charge in [-0.15, -0.1) is 12.4 Å². The molecule has 20 heavy (non-hydrogen) atoms. The Balaban J connectivity index is 0.00000361. The molecule has 0 aliphatic heterocycles. The Morgan fingerprint density at radius 2 is 1.95 bits per heavy atom. The van der Waals surface area contributed by atoms with Crippen LogP contribution in [0.1, 0.15) is 38.2 Å². The van der Waals surface area contributed by atoms with Crippen molar-refractivity contribution >= 4 is 18.3 Å². The molecule has 0 fully saturated rings. The summed E-state index contributed by atoms with van der Waals surface area (Å²) >= 11 is 0. The van der Waals surface area contributed by atoms with Crippen LogP contribution in [0.5, 0.6) is 0 Å². The molecule has 0 saturated carbocycles. The normalized spacial score (nSPS) is 11.6. The van der Waals surface area contributed by atoms with Gasteiger partial charge in [-0.05, 0) is 30.5 Å². The maximum atomic E-state index is 13.5. The Labute approximate surface area is 126 Å². The number of hydrogen-bond acceptors (Lipinski definition) is 2. The lowest BCUT2D eigenvalue weighted by atomic mass is 9.97. The van der Waals surface area contributed by atoms with E-state index in [4.69, 9.17) is 0 Å². The van der Waals surface area contributed by atoms with E-state index < -0.39 is 0 Å². The van der Waals surface area contributed by atoms with Gasteiger partial charge >= 0.3 is 0 Å². The first-order valence-electron chi connectivity index (χ1n) is 6.87. The maximum Gasteiger partial charge on any atom is 0.220 e. The molecule has 1 aromatic rings. The van der Waals surface area contributed by atoms with E-state index in [1.807, 2.05) is 6.92 Å². The first-order valence-corrected chi connectivity index (χ1v) is 6.87. The summed E-state index contributed by atoms with van der Waals surface area (Å²) in [6, 6.07) is 6.61. The van der Waals surface area contributed by atoms with Gasteiger partial charge in [-0.1, -0.05) is 32.0 Å². The quantitative estimate of drug-likeness (QED) is 0.725. The minimum atomic E-state index is -0.243. The Morgan fingerprint density at radius 3 is 2.60 bits per heavy atom. The highest BCUT2D eigenvalue weighted by Gasteiger charge is 2.13. The van der Waals surface area contributed by atoms with Crippen molar-refractivity contribution in [3.05, 3.63) is 35.6 Å². The summed E-state index contributed by atoms with van der Waals surface area (Å²) in [5.41, 5.74) is 0.599. The molecule has 0 bridgehead atoms. The summed E-state index contributed by atoms with van der Waals surface area (Å²) < 4.78 is 13.5. The number of amides is 1. The smallest absolute Gasteiger partial charge is 0.220 e. The van der Waals surface area contributed by atoms with Gasteiger partial charge in [0, 0.05) is 19.5 Å². The highest BCUT2D eigenvalue weighted by molar-refractivity contribution is 5.85. The van der Waals surface area contributed by atoms with Crippen LogP contribution in [0, 0.1) is 5.82 Å². The lowest BCUT2D eigenvalue weighted by Gasteiger charge is -2.13. The molecule has 0 aliphatic rings. The molecular weight excluding hydrogens is 279 g/mol. The fraction of sp³-hybridized carbons (Fsp3) is 0.533. The number of rotatable bonds is 8. The van der Waals surface area contributed by atoms with Crippen LogP contribution in [-0.2, 0) is 4.79 Å². The minimum Gasteiger partial charge on any atom is -0.355 e. The molecule has 1 atom stereocenters. The van der Waals surface area contributed by atoms with Crippen molar-refractivity contribution in [1.82, 2.24) is 10.6 Å². The van der Waals surface area contributed by atoms with Crippen LogP contribution >= 0.6 is 12.4 Å². The molecule has 5 heteroatoms. The van der Waals surface area contributed by atoms with Gasteiger partial charge in [0.1, 0.15) is 5.82 Å². The summed E-state index contributed by atoms with van der Waals surface area (Å²) in [4.78, 5) is 11.7. The van der Waals surface area contributed by atoms with Gasteiger partial charge in [0.15, 0.2) is 0 Å². The van der Waals surface area contributed by atoms with Crippen molar-refractivity contribution in [1.29, 1.82) is 0 Å². The fourth-order valence-corrected chi connectivity index (χ4v) is 1.93. The number of carbonyl (C=O) groups is 1. The van der Waals surface area contributed by atoms with Gasteiger partial charge in [-0.3, -0.25) is 4.79 Å². The van der Waals surface area contributed by atoms with Crippen molar-refractivity contribution in [3.63, 3.8) is 0 Å². The van der Waals surface area contributed by atoms with Gasteiger partial charge in [0.25, 0.3) is 0 Å². The molecule has 0 saturated heterocycles. The zero-order chi connectivity index (χ0) is 14.1. The third-order valence-electron chi connectivity index (χ3n) is 2.98. The zero-order valence-electron chi connectivity index (χ0n) is 12.1. The average Bonchev–Trinajstić information content (AvgIpc) is 2.39. The first-order chi connectivity index (χ1) is 9.15. The van der Waals surface area contributed by atoms with E-state index >= 15 is 0 Å². The Hall–Kier alpha value is -1.13. The predicted molar refractivity (Wildman–Crippen MR) is 82.9 cm³/mol. The summed E-state index contributed by atoms with van der Waals surface area (Å²) in [6.07, 6.45) is 1.40. The number of nitrogens with one attached hydrogen (secondary N) is 2. The lowest BCUT2D eigenvalue weighted by Crippen LogP contribution is -2.32. The summed E-state index contributed by atoms with van der Waals surface area (Å²) in [5, 5.41) is 6.05.